The van der Waals surface area contributed by atoms with Crippen molar-refractivity contribution < 1.29 is 0 Å². The molecule has 1 aromatic carbocycles. The first kappa shape index (κ1) is 14.6. The van der Waals surface area contributed by atoms with E-state index >= 15 is 0 Å². The van der Waals surface area contributed by atoms with E-state index in [4.69, 9.17) is 11.6 Å². The third-order valence-corrected chi connectivity index (χ3v) is 4.83. The van der Waals surface area contributed by atoms with Crippen molar-refractivity contribution in [1.29, 1.82) is 0 Å². The number of thiophene rings is 1. The lowest BCUT2D eigenvalue weighted by Gasteiger charge is -2.20. The lowest BCUT2D eigenvalue weighted by molar-refractivity contribution is 0.629. The van der Waals surface area contributed by atoms with Crippen LogP contribution in [0.1, 0.15) is 39.4 Å². The number of halogens is 1. The molecule has 0 saturated heterocycles. The molecular weight excluding hydrogens is 274 g/mol. The maximum atomic E-state index is 6.50. The molecule has 0 aliphatic rings. The van der Waals surface area contributed by atoms with Crippen molar-refractivity contribution in [2.24, 2.45) is 0 Å². The van der Waals surface area contributed by atoms with Crippen molar-refractivity contribution in [2.45, 2.75) is 33.7 Å². The number of benzene rings is 1. The van der Waals surface area contributed by atoms with E-state index in [1.165, 1.54) is 20.9 Å². The number of rotatable bonds is 4. The zero-order valence-electron chi connectivity index (χ0n) is 11.9. The summed E-state index contributed by atoms with van der Waals surface area (Å²) in [5.74, 6) is 0. The zero-order valence-corrected chi connectivity index (χ0v) is 13.5. The Labute approximate surface area is 124 Å². The maximum absolute atomic E-state index is 6.50. The fourth-order valence-corrected chi connectivity index (χ4v) is 3.62. The third-order valence-electron chi connectivity index (χ3n) is 3.33. The summed E-state index contributed by atoms with van der Waals surface area (Å²) < 4.78 is 0. The highest BCUT2D eigenvalue weighted by Crippen LogP contribution is 2.34. The Morgan fingerprint density at radius 3 is 2.53 bits per heavy atom. The quantitative estimate of drug-likeness (QED) is 0.834. The first-order valence-corrected chi connectivity index (χ1v) is 7.79. The van der Waals surface area contributed by atoms with Crippen molar-refractivity contribution in [2.75, 3.05) is 6.54 Å². The molecule has 1 unspecified atom stereocenters. The van der Waals surface area contributed by atoms with Gasteiger partial charge in [0.1, 0.15) is 0 Å². The second-order valence-corrected chi connectivity index (χ2v) is 6.68. The Hall–Kier alpha value is -0.830. The zero-order chi connectivity index (χ0) is 14.0. The minimum absolute atomic E-state index is 0.183. The number of nitrogens with one attached hydrogen (secondary N) is 1. The average Bonchev–Trinajstić information content (AvgIpc) is 2.69. The van der Waals surface area contributed by atoms with Crippen LogP contribution >= 0.6 is 22.9 Å². The van der Waals surface area contributed by atoms with Gasteiger partial charge in [-0.2, -0.15) is 0 Å². The molecule has 0 saturated carbocycles. The SMILES string of the molecule is CCNC(c1cc(C)sc1C)c1cccc(C)c1Cl. The van der Waals surface area contributed by atoms with Crippen LogP contribution in [0.15, 0.2) is 24.3 Å². The molecule has 102 valence electrons. The molecule has 1 N–H and O–H groups in total. The summed E-state index contributed by atoms with van der Waals surface area (Å²) in [4.78, 5) is 2.71. The monoisotopic (exact) mass is 293 g/mol. The highest BCUT2D eigenvalue weighted by Gasteiger charge is 2.20. The molecule has 0 fully saturated rings. The van der Waals surface area contributed by atoms with E-state index in [0.717, 1.165) is 17.1 Å². The van der Waals surface area contributed by atoms with Crippen LogP contribution in [0.2, 0.25) is 5.02 Å². The molecule has 0 aliphatic carbocycles. The largest absolute Gasteiger partial charge is 0.306 e. The number of hydrogen-bond donors (Lipinski definition) is 1. The van der Waals surface area contributed by atoms with Gasteiger partial charge in [0.2, 0.25) is 0 Å². The van der Waals surface area contributed by atoms with Crippen molar-refractivity contribution in [1.82, 2.24) is 5.32 Å². The molecule has 3 heteroatoms. The summed E-state index contributed by atoms with van der Waals surface area (Å²) in [7, 11) is 0. The van der Waals surface area contributed by atoms with Crippen molar-refractivity contribution in [3.05, 3.63) is 55.7 Å². The summed E-state index contributed by atoms with van der Waals surface area (Å²) in [5, 5.41) is 4.43. The number of hydrogen-bond acceptors (Lipinski definition) is 2. The lowest BCUT2D eigenvalue weighted by atomic mass is 9.97. The van der Waals surface area contributed by atoms with E-state index in [0.29, 0.717) is 0 Å². The highest BCUT2D eigenvalue weighted by molar-refractivity contribution is 7.12. The molecule has 1 nitrogen and oxygen atoms in total. The lowest BCUT2D eigenvalue weighted by Crippen LogP contribution is -2.22. The van der Waals surface area contributed by atoms with E-state index in [9.17, 15) is 0 Å². The standard InChI is InChI=1S/C16H20ClNS/c1-5-18-16(14-9-11(3)19-12(14)4)13-8-6-7-10(2)15(13)17/h6-9,16,18H,5H2,1-4H3. The average molecular weight is 294 g/mol. The van der Waals surface area contributed by atoms with Gasteiger partial charge in [-0.1, -0.05) is 36.7 Å². The van der Waals surface area contributed by atoms with Crippen LogP contribution in [0.4, 0.5) is 0 Å². The molecule has 0 aliphatic heterocycles. The maximum Gasteiger partial charge on any atom is 0.0602 e. The van der Waals surface area contributed by atoms with Crippen molar-refractivity contribution >= 4 is 22.9 Å². The summed E-state index contributed by atoms with van der Waals surface area (Å²) in [6, 6.07) is 8.71. The minimum Gasteiger partial charge on any atom is -0.306 e. The fourth-order valence-electron chi connectivity index (χ4n) is 2.42. The highest BCUT2D eigenvalue weighted by atomic mass is 35.5. The molecule has 0 amide bonds. The second kappa shape index (κ2) is 6.08. The van der Waals surface area contributed by atoms with E-state index in [1.807, 2.05) is 11.3 Å². The van der Waals surface area contributed by atoms with Gasteiger partial charge < -0.3 is 5.32 Å². The molecular formula is C16H20ClNS. The Morgan fingerprint density at radius 2 is 1.95 bits per heavy atom. The molecule has 1 aromatic heterocycles. The molecule has 2 aromatic rings. The van der Waals surface area contributed by atoms with Gasteiger partial charge in [-0.05, 0) is 50.1 Å². The van der Waals surface area contributed by atoms with Crippen molar-refractivity contribution in [3.63, 3.8) is 0 Å². The van der Waals surface area contributed by atoms with Crippen LogP contribution in [-0.2, 0) is 0 Å². The second-order valence-electron chi connectivity index (χ2n) is 4.84. The fraction of sp³-hybridized carbons (Fsp3) is 0.375. The first-order valence-electron chi connectivity index (χ1n) is 6.60. The molecule has 0 bridgehead atoms. The topological polar surface area (TPSA) is 12.0 Å². The Balaban J connectivity index is 2.51. The predicted octanol–water partition coefficient (Wildman–Crippen LogP) is 5.03. The van der Waals surface area contributed by atoms with E-state index < -0.39 is 0 Å². The number of aryl methyl sites for hydroxylation is 3. The summed E-state index contributed by atoms with van der Waals surface area (Å²) in [6.07, 6.45) is 0. The molecule has 19 heavy (non-hydrogen) atoms. The van der Waals surface area contributed by atoms with E-state index in [-0.39, 0.29) is 6.04 Å². The molecule has 2 rings (SSSR count). The Morgan fingerprint density at radius 1 is 1.21 bits per heavy atom. The summed E-state index contributed by atoms with van der Waals surface area (Å²) in [5.41, 5.74) is 3.65. The van der Waals surface area contributed by atoms with E-state index in [2.05, 4.69) is 57.3 Å². The summed E-state index contributed by atoms with van der Waals surface area (Å²) in [6.45, 7) is 9.44. The van der Waals surface area contributed by atoms with Crippen LogP contribution in [-0.4, -0.2) is 6.54 Å². The Kier molecular flexibility index (Phi) is 4.67. The minimum atomic E-state index is 0.183. The molecule has 0 spiro atoms. The molecule has 1 heterocycles. The van der Waals surface area contributed by atoms with Gasteiger partial charge >= 0.3 is 0 Å². The van der Waals surface area contributed by atoms with Crippen LogP contribution < -0.4 is 5.32 Å². The van der Waals surface area contributed by atoms with Gasteiger partial charge in [0.25, 0.3) is 0 Å². The van der Waals surface area contributed by atoms with Gasteiger partial charge in [0.05, 0.1) is 6.04 Å². The van der Waals surface area contributed by atoms with Gasteiger partial charge in [-0.15, -0.1) is 11.3 Å². The third kappa shape index (κ3) is 3.02. The van der Waals surface area contributed by atoms with E-state index in [1.54, 1.807) is 0 Å². The first-order chi connectivity index (χ1) is 9.04. The Bertz CT molecular complexity index is 574. The molecule has 0 radical (unpaired) electrons. The van der Waals surface area contributed by atoms with Gasteiger partial charge in [-0.3, -0.25) is 0 Å². The molecule has 1 atom stereocenters. The normalized spacial score (nSPS) is 12.7. The van der Waals surface area contributed by atoms with Gasteiger partial charge in [0.15, 0.2) is 0 Å². The van der Waals surface area contributed by atoms with Crippen LogP contribution in [0.5, 0.6) is 0 Å². The van der Waals surface area contributed by atoms with Gasteiger partial charge in [-0.25, -0.2) is 0 Å². The van der Waals surface area contributed by atoms with Gasteiger partial charge in [0, 0.05) is 14.8 Å². The smallest absolute Gasteiger partial charge is 0.0602 e. The van der Waals surface area contributed by atoms with Crippen LogP contribution in [0.3, 0.4) is 0 Å². The van der Waals surface area contributed by atoms with Crippen LogP contribution in [0.25, 0.3) is 0 Å². The predicted molar refractivity (Wildman–Crippen MR) is 85.5 cm³/mol. The van der Waals surface area contributed by atoms with Crippen molar-refractivity contribution in [3.8, 4) is 0 Å². The van der Waals surface area contributed by atoms with Crippen LogP contribution in [0, 0.1) is 20.8 Å². The summed E-state index contributed by atoms with van der Waals surface area (Å²) >= 11 is 8.34.